The lowest BCUT2D eigenvalue weighted by Gasteiger charge is -2.24. The maximum Gasteiger partial charge on any atom is 0.0329 e. The highest BCUT2D eigenvalue weighted by molar-refractivity contribution is 6.21. The summed E-state index contributed by atoms with van der Waals surface area (Å²) in [7, 11) is 1.16. The Balaban J connectivity index is 2.12. The fraction of sp³-hybridized carbons (Fsp3) is 0.263. The molecule has 2 aromatic carbocycles. The van der Waals surface area contributed by atoms with Gasteiger partial charge in [-0.3, -0.25) is 4.90 Å². The van der Waals surface area contributed by atoms with Gasteiger partial charge in [0.05, 0.1) is 0 Å². The van der Waals surface area contributed by atoms with Gasteiger partial charge < -0.3 is 0 Å². The van der Waals surface area contributed by atoms with E-state index in [-0.39, 0.29) is 0 Å². The van der Waals surface area contributed by atoms with E-state index in [0.717, 1.165) is 29.9 Å². The van der Waals surface area contributed by atoms with E-state index in [2.05, 4.69) is 79.4 Å². The second kappa shape index (κ2) is 7.96. The first-order valence-electron chi connectivity index (χ1n) is 7.58. The zero-order valence-corrected chi connectivity index (χ0v) is 15.3. The summed E-state index contributed by atoms with van der Waals surface area (Å²) < 4.78 is 0. The van der Waals surface area contributed by atoms with Gasteiger partial charge in [-0.05, 0) is 25.0 Å². The fourth-order valence-electron chi connectivity index (χ4n) is 2.34. The summed E-state index contributed by atoms with van der Waals surface area (Å²) >= 11 is 0. The second-order valence-corrected chi connectivity index (χ2v) is 7.40. The van der Waals surface area contributed by atoms with Crippen LogP contribution < -0.4 is 0 Å². The van der Waals surface area contributed by atoms with Crippen LogP contribution >= 0.6 is 0 Å². The molecule has 0 aliphatic carbocycles. The number of nitrogens with zero attached hydrogens (tertiary/aromatic N) is 1. The number of benzene rings is 2. The summed E-state index contributed by atoms with van der Waals surface area (Å²) in [6.45, 7) is 7.58. The average Bonchev–Trinajstić information content (AvgIpc) is 2.49. The first kappa shape index (κ1) is 15.7. The fourth-order valence-corrected chi connectivity index (χ4v) is 2.50. The van der Waals surface area contributed by atoms with E-state index in [1.54, 1.807) is 5.20 Å². The Labute approximate surface area is 131 Å². The molecule has 0 aliphatic heterocycles. The standard InChI is InChI=1S/C19H25NSi/c1-16(17(2)21)13-20(14-18-9-5-3-6-10-18)15-19-11-7-4-8-12-19/h3-12H,13-15H2,1-2,21H3. The lowest BCUT2D eigenvalue weighted by atomic mass is 10.1. The van der Waals surface area contributed by atoms with Crippen LogP contribution in [-0.2, 0) is 13.1 Å². The van der Waals surface area contributed by atoms with Gasteiger partial charge in [0, 0.05) is 29.9 Å². The van der Waals surface area contributed by atoms with Gasteiger partial charge in [-0.2, -0.15) is 0 Å². The zero-order valence-electron chi connectivity index (χ0n) is 13.3. The normalized spacial score (nSPS) is 12.5. The molecule has 2 aromatic rings. The number of hydrogen-bond acceptors (Lipinski definition) is 1. The van der Waals surface area contributed by atoms with Crippen molar-refractivity contribution in [1.29, 1.82) is 0 Å². The summed E-state index contributed by atoms with van der Waals surface area (Å²) in [4.78, 5) is 2.53. The van der Waals surface area contributed by atoms with Crippen molar-refractivity contribution < 1.29 is 0 Å². The molecule has 0 N–H and O–H groups in total. The van der Waals surface area contributed by atoms with Gasteiger partial charge in [-0.1, -0.05) is 71.4 Å². The summed E-state index contributed by atoms with van der Waals surface area (Å²) in [6, 6.07) is 21.5. The van der Waals surface area contributed by atoms with Crippen LogP contribution in [-0.4, -0.2) is 21.7 Å². The quantitative estimate of drug-likeness (QED) is 0.739. The van der Waals surface area contributed by atoms with Crippen molar-refractivity contribution in [2.45, 2.75) is 26.9 Å². The molecular weight excluding hydrogens is 270 g/mol. The Morgan fingerprint density at radius 3 is 1.62 bits per heavy atom. The van der Waals surface area contributed by atoms with Crippen LogP contribution in [0.15, 0.2) is 71.4 Å². The first-order valence-corrected chi connectivity index (χ1v) is 8.58. The van der Waals surface area contributed by atoms with Gasteiger partial charge in [-0.25, -0.2) is 0 Å². The minimum absolute atomic E-state index is 1.00. The van der Waals surface area contributed by atoms with Crippen LogP contribution in [0.25, 0.3) is 0 Å². The summed E-state index contributed by atoms with van der Waals surface area (Å²) in [6.07, 6.45) is 0. The molecule has 0 atom stereocenters. The van der Waals surface area contributed by atoms with Gasteiger partial charge in [-0.15, -0.1) is 0 Å². The van der Waals surface area contributed by atoms with Crippen molar-refractivity contribution in [2.75, 3.05) is 6.54 Å². The van der Waals surface area contributed by atoms with Crippen molar-refractivity contribution in [3.8, 4) is 0 Å². The monoisotopic (exact) mass is 295 g/mol. The highest BCUT2D eigenvalue weighted by Gasteiger charge is 2.08. The molecule has 0 radical (unpaired) electrons. The topological polar surface area (TPSA) is 3.24 Å². The van der Waals surface area contributed by atoms with E-state index in [1.165, 1.54) is 16.7 Å². The maximum absolute atomic E-state index is 2.53. The Kier molecular flexibility index (Phi) is 5.97. The van der Waals surface area contributed by atoms with Crippen molar-refractivity contribution >= 4 is 10.2 Å². The zero-order chi connectivity index (χ0) is 15.1. The van der Waals surface area contributed by atoms with Crippen LogP contribution in [0.1, 0.15) is 25.0 Å². The molecule has 0 aliphatic rings. The molecule has 2 heteroatoms. The maximum atomic E-state index is 2.53. The molecular formula is C19H25NSi. The third kappa shape index (κ3) is 5.33. The molecule has 1 nitrogen and oxygen atoms in total. The number of rotatable bonds is 6. The molecule has 0 saturated carbocycles. The molecule has 0 saturated heterocycles. The van der Waals surface area contributed by atoms with Crippen LogP contribution in [0.2, 0.25) is 0 Å². The first-order chi connectivity index (χ1) is 10.1. The Morgan fingerprint density at radius 2 is 1.24 bits per heavy atom. The van der Waals surface area contributed by atoms with E-state index >= 15 is 0 Å². The molecule has 110 valence electrons. The molecule has 0 aromatic heterocycles. The lowest BCUT2D eigenvalue weighted by Crippen LogP contribution is -2.25. The van der Waals surface area contributed by atoms with Gasteiger partial charge in [0.2, 0.25) is 0 Å². The van der Waals surface area contributed by atoms with Crippen LogP contribution in [0.4, 0.5) is 0 Å². The highest BCUT2D eigenvalue weighted by Crippen LogP contribution is 2.13. The lowest BCUT2D eigenvalue weighted by molar-refractivity contribution is 0.279. The van der Waals surface area contributed by atoms with Gasteiger partial charge in [0.15, 0.2) is 0 Å². The summed E-state index contributed by atoms with van der Waals surface area (Å²) in [5.74, 6) is 0. The van der Waals surface area contributed by atoms with Gasteiger partial charge in [0.1, 0.15) is 0 Å². The summed E-state index contributed by atoms with van der Waals surface area (Å²) in [5, 5.41) is 1.56. The molecule has 21 heavy (non-hydrogen) atoms. The molecule has 0 unspecified atom stereocenters. The molecule has 0 bridgehead atoms. The highest BCUT2D eigenvalue weighted by atomic mass is 28.1. The minimum atomic E-state index is 1.00. The van der Waals surface area contributed by atoms with E-state index in [4.69, 9.17) is 0 Å². The summed E-state index contributed by atoms with van der Waals surface area (Å²) in [5.41, 5.74) is 4.29. The SMILES string of the molecule is CC([SiH3])=C(C)CN(Cc1ccccc1)Cc1ccccc1. The van der Waals surface area contributed by atoms with E-state index in [0.29, 0.717) is 0 Å². The van der Waals surface area contributed by atoms with E-state index < -0.39 is 0 Å². The van der Waals surface area contributed by atoms with Crippen molar-refractivity contribution in [3.05, 3.63) is 82.6 Å². The average molecular weight is 296 g/mol. The van der Waals surface area contributed by atoms with Crippen molar-refractivity contribution in [3.63, 3.8) is 0 Å². The molecule has 2 rings (SSSR count). The Bertz CT molecular complexity index is 530. The number of allylic oxidation sites excluding steroid dienone is 1. The Hall–Kier alpha value is -1.64. The predicted octanol–water partition coefficient (Wildman–Crippen LogP) is 3.35. The second-order valence-electron chi connectivity index (χ2n) is 5.90. The third-order valence-corrected chi connectivity index (χ3v) is 4.67. The van der Waals surface area contributed by atoms with Gasteiger partial charge >= 0.3 is 0 Å². The molecule has 0 spiro atoms. The molecule has 0 fully saturated rings. The van der Waals surface area contributed by atoms with Crippen molar-refractivity contribution in [2.24, 2.45) is 0 Å². The van der Waals surface area contributed by atoms with Crippen LogP contribution in [0.5, 0.6) is 0 Å². The molecule has 0 amide bonds. The van der Waals surface area contributed by atoms with Gasteiger partial charge in [0.25, 0.3) is 0 Å². The Morgan fingerprint density at radius 1 is 0.810 bits per heavy atom. The largest absolute Gasteiger partial charge is 0.291 e. The van der Waals surface area contributed by atoms with E-state index in [1.807, 2.05) is 0 Å². The predicted molar refractivity (Wildman–Crippen MR) is 95.3 cm³/mol. The smallest absolute Gasteiger partial charge is 0.0329 e. The van der Waals surface area contributed by atoms with Crippen LogP contribution in [0, 0.1) is 0 Å². The van der Waals surface area contributed by atoms with Crippen LogP contribution in [0.3, 0.4) is 0 Å². The third-order valence-electron chi connectivity index (χ3n) is 3.81. The minimum Gasteiger partial charge on any atom is -0.291 e. The van der Waals surface area contributed by atoms with E-state index in [9.17, 15) is 0 Å². The van der Waals surface area contributed by atoms with Crippen molar-refractivity contribution in [1.82, 2.24) is 4.90 Å². The number of hydrogen-bond donors (Lipinski definition) is 0. The molecule has 0 heterocycles.